The van der Waals surface area contributed by atoms with E-state index in [1.165, 1.54) is 12.1 Å². The fraction of sp³-hybridized carbons (Fsp3) is 0.235. The topological polar surface area (TPSA) is 80.2 Å². The van der Waals surface area contributed by atoms with Crippen LogP contribution in [0.3, 0.4) is 0 Å². The molecule has 5 rings (SSSR count). The SMILES string of the molecule is O=C(NCCc1cc(F)cc(F)c1)[C@]1(Cc2ccccc2Br)N=C(c2ccc(OCCCO)cc2)O[C@@H]1c1ccc(Cl)cc1Cl. The summed E-state index contributed by atoms with van der Waals surface area (Å²) in [5.41, 5.74) is 0.782. The van der Waals surface area contributed by atoms with Gasteiger partial charge in [0.15, 0.2) is 11.6 Å². The number of aliphatic hydroxyl groups is 1. The first-order valence-corrected chi connectivity index (χ1v) is 15.8. The quantitative estimate of drug-likeness (QED) is 0.148. The van der Waals surface area contributed by atoms with Crippen molar-refractivity contribution in [2.45, 2.75) is 30.9 Å². The van der Waals surface area contributed by atoms with E-state index in [2.05, 4.69) is 21.2 Å². The van der Waals surface area contributed by atoms with E-state index in [-0.39, 0.29) is 31.9 Å². The summed E-state index contributed by atoms with van der Waals surface area (Å²) in [5.74, 6) is -1.01. The summed E-state index contributed by atoms with van der Waals surface area (Å²) < 4.78 is 40.6. The highest BCUT2D eigenvalue weighted by Gasteiger charge is 2.54. The number of rotatable bonds is 12. The Bertz CT molecular complexity index is 1690. The monoisotopic (exact) mass is 716 g/mol. The molecule has 4 aromatic carbocycles. The van der Waals surface area contributed by atoms with Crippen molar-refractivity contribution in [1.29, 1.82) is 0 Å². The number of nitrogens with zero attached hydrogens (tertiary/aromatic N) is 1. The molecule has 6 nitrogen and oxygen atoms in total. The molecule has 45 heavy (non-hydrogen) atoms. The fourth-order valence-electron chi connectivity index (χ4n) is 5.13. The van der Waals surface area contributed by atoms with Gasteiger partial charge in [-0.3, -0.25) is 4.79 Å². The van der Waals surface area contributed by atoms with Gasteiger partial charge in [0.2, 0.25) is 5.90 Å². The second-order valence-corrected chi connectivity index (χ2v) is 12.2. The highest BCUT2D eigenvalue weighted by Crippen LogP contribution is 2.45. The highest BCUT2D eigenvalue weighted by molar-refractivity contribution is 9.10. The molecular formula is C34H29BrCl2F2N2O4. The molecule has 1 aliphatic heterocycles. The number of aliphatic hydroxyl groups excluding tert-OH is 1. The van der Waals surface area contributed by atoms with Crippen LogP contribution in [0.15, 0.2) is 94.4 Å². The van der Waals surface area contributed by atoms with E-state index < -0.39 is 29.2 Å². The van der Waals surface area contributed by atoms with Crippen molar-refractivity contribution in [3.05, 3.63) is 133 Å². The summed E-state index contributed by atoms with van der Waals surface area (Å²) in [5, 5.41) is 12.7. The Hall–Kier alpha value is -3.50. The number of benzene rings is 4. The summed E-state index contributed by atoms with van der Waals surface area (Å²) in [6.07, 6.45) is -0.143. The highest BCUT2D eigenvalue weighted by atomic mass is 79.9. The van der Waals surface area contributed by atoms with Gasteiger partial charge in [-0.25, -0.2) is 13.8 Å². The molecule has 0 aliphatic carbocycles. The molecule has 11 heteroatoms. The summed E-state index contributed by atoms with van der Waals surface area (Å²) in [6, 6.07) is 22.8. The standard InChI is InChI=1S/C34H29BrCl2F2N2O4/c35-29-5-2-1-4-23(29)20-34(33(43)40-13-12-21-16-25(38)19-26(39)17-21)31(28-11-8-24(36)18-30(28)37)45-32(41-34)22-6-9-27(10-7-22)44-15-3-14-42/h1-2,4-11,16-19,31,42H,3,12-15,20H2,(H,40,43)/t31-,34-/m1/s1. The lowest BCUT2D eigenvalue weighted by Crippen LogP contribution is -2.50. The summed E-state index contributed by atoms with van der Waals surface area (Å²) in [7, 11) is 0. The molecule has 4 aromatic rings. The maximum absolute atomic E-state index is 14.4. The molecule has 0 unspecified atom stereocenters. The Morgan fingerprint density at radius 3 is 2.44 bits per heavy atom. The van der Waals surface area contributed by atoms with Crippen LogP contribution in [0.2, 0.25) is 10.0 Å². The van der Waals surface area contributed by atoms with E-state index in [0.29, 0.717) is 45.5 Å². The lowest BCUT2D eigenvalue weighted by molar-refractivity contribution is -0.128. The fourth-order valence-corrected chi connectivity index (χ4v) is 6.07. The third-order valence-electron chi connectivity index (χ3n) is 7.31. The third-order valence-corrected chi connectivity index (χ3v) is 8.65. The molecule has 234 valence electrons. The van der Waals surface area contributed by atoms with Crippen molar-refractivity contribution in [2.75, 3.05) is 19.8 Å². The first-order chi connectivity index (χ1) is 21.7. The van der Waals surface area contributed by atoms with Gasteiger partial charge in [-0.05, 0) is 72.1 Å². The Morgan fingerprint density at radius 2 is 1.76 bits per heavy atom. The molecule has 0 aromatic heterocycles. The van der Waals surface area contributed by atoms with Crippen LogP contribution in [0.5, 0.6) is 5.75 Å². The summed E-state index contributed by atoms with van der Waals surface area (Å²) >= 11 is 16.5. The van der Waals surface area contributed by atoms with Gasteiger partial charge < -0.3 is 19.9 Å². The van der Waals surface area contributed by atoms with Crippen molar-refractivity contribution in [1.82, 2.24) is 5.32 Å². The zero-order chi connectivity index (χ0) is 32.0. The maximum Gasteiger partial charge on any atom is 0.252 e. The molecule has 1 amide bonds. The van der Waals surface area contributed by atoms with Crippen LogP contribution in [0, 0.1) is 11.6 Å². The van der Waals surface area contributed by atoms with Gasteiger partial charge in [0.05, 0.1) is 6.61 Å². The minimum atomic E-state index is -1.54. The number of halogens is 5. The van der Waals surface area contributed by atoms with Gasteiger partial charge in [-0.1, -0.05) is 63.4 Å². The number of carbonyl (C=O) groups excluding carboxylic acids is 1. The third kappa shape index (κ3) is 7.84. The molecule has 2 atom stereocenters. The zero-order valence-electron chi connectivity index (χ0n) is 23.9. The van der Waals surface area contributed by atoms with E-state index in [1.54, 1.807) is 42.5 Å². The van der Waals surface area contributed by atoms with Crippen LogP contribution in [-0.2, 0) is 22.4 Å². The average molecular weight is 718 g/mol. The van der Waals surface area contributed by atoms with E-state index in [9.17, 15) is 13.6 Å². The Labute approximate surface area is 278 Å². The average Bonchev–Trinajstić information content (AvgIpc) is 3.38. The number of amides is 1. The molecule has 0 spiro atoms. The lowest BCUT2D eigenvalue weighted by atomic mass is 9.82. The van der Waals surface area contributed by atoms with Crippen LogP contribution < -0.4 is 10.1 Å². The number of carbonyl (C=O) groups is 1. The second kappa shape index (κ2) is 14.7. The largest absolute Gasteiger partial charge is 0.494 e. The molecule has 0 saturated heterocycles. The number of hydrogen-bond donors (Lipinski definition) is 2. The number of hydrogen-bond acceptors (Lipinski definition) is 5. The Kier molecular flexibility index (Phi) is 10.8. The van der Waals surface area contributed by atoms with Gasteiger partial charge in [-0.2, -0.15) is 0 Å². The van der Waals surface area contributed by atoms with E-state index in [0.717, 1.165) is 16.1 Å². The number of aliphatic imine (C=N–C) groups is 1. The lowest BCUT2D eigenvalue weighted by Gasteiger charge is -2.31. The van der Waals surface area contributed by atoms with Crippen LogP contribution in [0.25, 0.3) is 0 Å². The maximum atomic E-state index is 14.4. The second-order valence-electron chi connectivity index (χ2n) is 10.5. The number of ether oxygens (including phenoxy) is 2. The Morgan fingerprint density at radius 1 is 1.02 bits per heavy atom. The smallest absolute Gasteiger partial charge is 0.252 e. The minimum absolute atomic E-state index is 0.0260. The van der Waals surface area contributed by atoms with Crippen LogP contribution in [0.4, 0.5) is 8.78 Å². The minimum Gasteiger partial charge on any atom is -0.494 e. The van der Waals surface area contributed by atoms with Crippen molar-refractivity contribution >= 4 is 50.9 Å². The first-order valence-electron chi connectivity index (χ1n) is 14.2. The van der Waals surface area contributed by atoms with Crippen molar-refractivity contribution < 1.29 is 28.2 Å². The van der Waals surface area contributed by atoms with Gasteiger partial charge in [0, 0.05) is 57.7 Å². The molecule has 0 radical (unpaired) electrons. The first kappa shape index (κ1) is 32.9. The predicted molar refractivity (Wildman–Crippen MR) is 174 cm³/mol. The zero-order valence-corrected chi connectivity index (χ0v) is 27.0. The van der Waals surface area contributed by atoms with Crippen molar-refractivity contribution in [3.63, 3.8) is 0 Å². The summed E-state index contributed by atoms with van der Waals surface area (Å²) in [6.45, 7) is 0.478. The van der Waals surface area contributed by atoms with Crippen LogP contribution in [0.1, 0.15) is 34.8 Å². The van der Waals surface area contributed by atoms with Gasteiger partial charge in [0.25, 0.3) is 5.91 Å². The van der Waals surface area contributed by atoms with Gasteiger partial charge in [-0.15, -0.1) is 0 Å². The van der Waals surface area contributed by atoms with E-state index >= 15 is 0 Å². The van der Waals surface area contributed by atoms with Crippen molar-refractivity contribution in [3.8, 4) is 5.75 Å². The molecular weight excluding hydrogens is 689 g/mol. The molecule has 0 fully saturated rings. The van der Waals surface area contributed by atoms with Crippen LogP contribution in [-0.4, -0.2) is 42.2 Å². The predicted octanol–water partition coefficient (Wildman–Crippen LogP) is 7.65. The number of nitrogens with one attached hydrogen (secondary N) is 1. The molecule has 1 aliphatic rings. The molecule has 0 bridgehead atoms. The van der Waals surface area contributed by atoms with Gasteiger partial charge in [0.1, 0.15) is 17.4 Å². The van der Waals surface area contributed by atoms with E-state index in [4.69, 9.17) is 42.8 Å². The van der Waals surface area contributed by atoms with E-state index in [1.807, 2.05) is 24.3 Å². The molecule has 2 N–H and O–H groups in total. The molecule has 0 saturated carbocycles. The van der Waals surface area contributed by atoms with Crippen molar-refractivity contribution in [2.24, 2.45) is 4.99 Å². The normalized spacial score (nSPS) is 17.5. The van der Waals surface area contributed by atoms with Gasteiger partial charge >= 0.3 is 0 Å². The molecule has 1 heterocycles. The Balaban J connectivity index is 1.55. The van der Waals surface area contributed by atoms with Crippen LogP contribution >= 0.6 is 39.1 Å². The summed E-state index contributed by atoms with van der Waals surface area (Å²) in [4.78, 5) is 19.4.